The van der Waals surface area contributed by atoms with Gasteiger partial charge in [-0.2, -0.15) is 10.5 Å². The lowest BCUT2D eigenvalue weighted by Gasteiger charge is -2.05. The van der Waals surface area contributed by atoms with Crippen molar-refractivity contribution in [3.05, 3.63) is 29.3 Å². The van der Waals surface area contributed by atoms with E-state index in [1.807, 2.05) is 12.1 Å². The molecule has 0 atom stereocenters. The molecule has 0 saturated carbocycles. The molecule has 76 valence electrons. The first kappa shape index (κ1) is 11.0. The van der Waals surface area contributed by atoms with Crippen LogP contribution in [-0.2, 0) is 4.74 Å². The molecule has 0 aromatic heterocycles. The Kier molecular flexibility index (Phi) is 4.15. The van der Waals surface area contributed by atoms with Crippen molar-refractivity contribution in [1.29, 1.82) is 10.5 Å². The maximum absolute atomic E-state index is 8.79. The molecule has 1 rings (SSSR count). The Morgan fingerprint density at radius 3 is 2.60 bits per heavy atom. The van der Waals surface area contributed by atoms with Crippen LogP contribution in [0, 0.1) is 22.7 Å². The van der Waals surface area contributed by atoms with Gasteiger partial charge in [0.2, 0.25) is 0 Å². The van der Waals surface area contributed by atoms with Gasteiger partial charge in [-0.05, 0) is 18.2 Å². The van der Waals surface area contributed by atoms with Crippen molar-refractivity contribution >= 4 is 5.69 Å². The van der Waals surface area contributed by atoms with Crippen LogP contribution in [0.4, 0.5) is 5.69 Å². The van der Waals surface area contributed by atoms with Gasteiger partial charge in [0.25, 0.3) is 0 Å². The van der Waals surface area contributed by atoms with Crippen LogP contribution in [0.25, 0.3) is 0 Å². The zero-order valence-electron chi connectivity index (χ0n) is 8.45. The van der Waals surface area contributed by atoms with Gasteiger partial charge in [-0.3, -0.25) is 0 Å². The van der Waals surface area contributed by atoms with Crippen LogP contribution < -0.4 is 5.32 Å². The predicted molar refractivity (Wildman–Crippen MR) is 56.2 cm³/mol. The van der Waals surface area contributed by atoms with Gasteiger partial charge in [0, 0.05) is 19.3 Å². The van der Waals surface area contributed by atoms with Gasteiger partial charge < -0.3 is 10.1 Å². The Bertz CT molecular complexity index is 415. The molecule has 0 unspecified atom stereocenters. The van der Waals surface area contributed by atoms with E-state index in [2.05, 4.69) is 5.32 Å². The average Bonchev–Trinajstić information content (AvgIpc) is 2.29. The monoisotopic (exact) mass is 201 g/mol. The molecule has 4 heteroatoms. The van der Waals surface area contributed by atoms with Gasteiger partial charge in [-0.1, -0.05) is 0 Å². The third kappa shape index (κ3) is 2.98. The van der Waals surface area contributed by atoms with E-state index >= 15 is 0 Å². The summed E-state index contributed by atoms with van der Waals surface area (Å²) in [4.78, 5) is 0. The number of hydrogen-bond acceptors (Lipinski definition) is 4. The Labute approximate surface area is 88.7 Å². The maximum atomic E-state index is 8.79. The van der Waals surface area contributed by atoms with Crippen LogP contribution in [0.1, 0.15) is 11.1 Å². The van der Waals surface area contributed by atoms with Gasteiger partial charge in [-0.25, -0.2) is 0 Å². The van der Waals surface area contributed by atoms with E-state index in [0.717, 1.165) is 5.69 Å². The van der Waals surface area contributed by atoms with E-state index in [4.69, 9.17) is 15.3 Å². The molecule has 1 N–H and O–H groups in total. The minimum Gasteiger partial charge on any atom is -0.383 e. The van der Waals surface area contributed by atoms with Crippen LogP contribution in [0.15, 0.2) is 18.2 Å². The first-order valence-corrected chi connectivity index (χ1v) is 4.49. The van der Waals surface area contributed by atoms with E-state index in [1.165, 1.54) is 0 Å². The maximum Gasteiger partial charge on any atom is 0.101 e. The van der Waals surface area contributed by atoms with Gasteiger partial charge >= 0.3 is 0 Å². The molecule has 1 aromatic rings. The van der Waals surface area contributed by atoms with Crippen molar-refractivity contribution < 1.29 is 4.74 Å². The van der Waals surface area contributed by atoms with Crippen molar-refractivity contribution in [2.24, 2.45) is 0 Å². The highest BCUT2D eigenvalue weighted by Gasteiger charge is 2.01. The summed E-state index contributed by atoms with van der Waals surface area (Å²) < 4.78 is 4.89. The second-order valence-corrected chi connectivity index (χ2v) is 2.90. The first-order chi connectivity index (χ1) is 7.31. The lowest BCUT2D eigenvalue weighted by atomic mass is 10.1. The van der Waals surface area contributed by atoms with Crippen molar-refractivity contribution in [2.45, 2.75) is 0 Å². The fraction of sp³-hybridized carbons (Fsp3) is 0.273. The Morgan fingerprint density at radius 1 is 1.27 bits per heavy atom. The largest absolute Gasteiger partial charge is 0.383 e. The fourth-order valence-electron chi connectivity index (χ4n) is 1.14. The molecule has 0 heterocycles. The molecule has 0 saturated heterocycles. The molecular weight excluding hydrogens is 190 g/mol. The van der Waals surface area contributed by atoms with Crippen LogP contribution in [0.5, 0.6) is 0 Å². The fourth-order valence-corrected chi connectivity index (χ4v) is 1.14. The predicted octanol–water partition coefficient (Wildman–Crippen LogP) is 1.49. The minimum atomic E-state index is 0.389. The van der Waals surface area contributed by atoms with Crippen molar-refractivity contribution in [1.82, 2.24) is 0 Å². The van der Waals surface area contributed by atoms with E-state index in [-0.39, 0.29) is 0 Å². The second kappa shape index (κ2) is 5.64. The third-order valence-electron chi connectivity index (χ3n) is 1.90. The topological polar surface area (TPSA) is 68.8 Å². The molecule has 0 spiro atoms. The Morgan fingerprint density at radius 2 is 2.00 bits per heavy atom. The highest BCUT2D eigenvalue weighted by Crippen LogP contribution is 2.14. The van der Waals surface area contributed by atoms with E-state index in [9.17, 15) is 0 Å². The molecule has 0 aliphatic carbocycles. The molecule has 0 amide bonds. The number of nitriles is 2. The summed E-state index contributed by atoms with van der Waals surface area (Å²) in [6.45, 7) is 1.27. The normalized spacial score (nSPS) is 9.00. The van der Waals surface area contributed by atoms with Crippen molar-refractivity contribution in [3.63, 3.8) is 0 Å². The molecule has 0 radical (unpaired) electrons. The molecule has 4 nitrogen and oxygen atoms in total. The first-order valence-electron chi connectivity index (χ1n) is 4.49. The zero-order chi connectivity index (χ0) is 11.1. The van der Waals surface area contributed by atoms with E-state index in [0.29, 0.717) is 24.3 Å². The molecule has 0 fully saturated rings. The van der Waals surface area contributed by atoms with Crippen molar-refractivity contribution in [3.8, 4) is 12.1 Å². The lowest BCUT2D eigenvalue weighted by Crippen LogP contribution is -2.07. The van der Waals surface area contributed by atoms with Gasteiger partial charge in [0.05, 0.1) is 17.7 Å². The van der Waals surface area contributed by atoms with Gasteiger partial charge in [-0.15, -0.1) is 0 Å². The summed E-state index contributed by atoms with van der Waals surface area (Å²) in [5, 5.41) is 20.6. The third-order valence-corrected chi connectivity index (χ3v) is 1.90. The van der Waals surface area contributed by atoms with Crippen molar-refractivity contribution in [2.75, 3.05) is 25.6 Å². The molecule has 0 bridgehead atoms. The zero-order valence-corrected chi connectivity index (χ0v) is 8.45. The quantitative estimate of drug-likeness (QED) is 0.749. The van der Waals surface area contributed by atoms with Gasteiger partial charge in [0.1, 0.15) is 12.1 Å². The Balaban J connectivity index is 2.77. The average molecular weight is 201 g/mol. The number of nitrogens with one attached hydrogen (secondary N) is 1. The number of rotatable bonds is 4. The van der Waals surface area contributed by atoms with Crippen LogP contribution in [0.2, 0.25) is 0 Å². The SMILES string of the molecule is COCCNc1ccc(C#N)c(C#N)c1. The number of anilines is 1. The summed E-state index contributed by atoms with van der Waals surface area (Å²) >= 11 is 0. The number of hydrogen-bond donors (Lipinski definition) is 1. The number of nitrogens with zero attached hydrogens (tertiary/aromatic N) is 2. The summed E-state index contributed by atoms with van der Waals surface area (Å²) in [5.74, 6) is 0. The highest BCUT2D eigenvalue weighted by molar-refractivity contribution is 5.56. The molecular formula is C11H11N3O. The molecule has 15 heavy (non-hydrogen) atoms. The van der Waals surface area contributed by atoms with Crippen LogP contribution in [-0.4, -0.2) is 20.3 Å². The smallest absolute Gasteiger partial charge is 0.101 e. The number of methoxy groups -OCH3 is 1. The van der Waals surface area contributed by atoms with Gasteiger partial charge in [0.15, 0.2) is 0 Å². The number of ether oxygens (including phenoxy) is 1. The summed E-state index contributed by atoms with van der Waals surface area (Å²) in [7, 11) is 1.63. The summed E-state index contributed by atoms with van der Waals surface area (Å²) in [6.07, 6.45) is 0. The summed E-state index contributed by atoms with van der Waals surface area (Å²) in [5.41, 5.74) is 1.61. The number of benzene rings is 1. The Hall–Kier alpha value is -2.04. The van der Waals surface area contributed by atoms with E-state index in [1.54, 1.807) is 25.3 Å². The highest BCUT2D eigenvalue weighted by atomic mass is 16.5. The molecule has 0 aliphatic rings. The lowest BCUT2D eigenvalue weighted by molar-refractivity contribution is 0.211. The molecule has 0 aliphatic heterocycles. The van der Waals surface area contributed by atoms with E-state index < -0.39 is 0 Å². The summed E-state index contributed by atoms with van der Waals surface area (Å²) in [6, 6.07) is 9.02. The molecule has 1 aromatic carbocycles. The van der Waals surface area contributed by atoms with Crippen LogP contribution >= 0.6 is 0 Å². The standard InChI is InChI=1S/C11H11N3O/c1-15-5-4-14-11-3-2-9(7-12)10(6-11)8-13/h2-3,6,14H,4-5H2,1H3. The van der Waals surface area contributed by atoms with Crippen LogP contribution in [0.3, 0.4) is 0 Å². The minimum absolute atomic E-state index is 0.389. The second-order valence-electron chi connectivity index (χ2n) is 2.90.